The Morgan fingerprint density at radius 2 is 1.80 bits per heavy atom. The molecule has 20 heavy (non-hydrogen) atoms. The van der Waals surface area contributed by atoms with Gasteiger partial charge in [-0.3, -0.25) is 0 Å². The molecule has 0 radical (unpaired) electrons. The first-order valence-electron chi connectivity index (χ1n) is 6.11. The van der Waals surface area contributed by atoms with Crippen molar-refractivity contribution in [2.24, 2.45) is 0 Å². The summed E-state index contributed by atoms with van der Waals surface area (Å²) < 4.78 is 62.6. The van der Waals surface area contributed by atoms with Crippen molar-refractivity contribution in [3.63, 3.8) is 0 Å². The van der Waals surface area contributed by atoms with Gasteiger partial charge in [0.2, 0.25) is 10.0 Å². The van der Waals surface area contributed by atoms with Crippen molar-refractivity contribution >= 4 is 19.9 Å². The lowest BCUT2D eigenvalue weighted by molar-refractivity contribution is 0.249. The zero-order valence-electron chi connectivity index (χ0n) is 11.2. The molecular weight excluding hydrogens is 305 g/mol. The summed E-state index contributed by atoms with van der Waals surface area (Å²) in [5, 5.41) is 0. The van der Waals surface area contributed by atoms with Crippen LogP contribution in [-0.2, 0) is 19.9 Å². The van der Waals surface area contributed by atoms with Gasteiger partial charge in [-0.2, -0.15) is 4.31 Å². The number of hydrogen-bond acceptors (Lipinski definition) is 4. The van der Waals surface area contributed by atoms with Crippen LogP contribution in [-0.4, -0.2) is 40.5 Å². The average Bonchev–Trinajstić information content (AvgIpc) is 2.25. The fourth-order valence-corrected chi connectivity index (χ4v) is 4.24. The summed E-state index contributed by atoms with van der Waals surface area (Å²) in [4.78, 5) is -0.797. The van der Waals surface area contributed by atoms with Gasteiger partial charge >= 0.3 is 0 Å². The number of hydrogen-bond donors (Lipinski definition) is 0. The van der Waals surface area contributed by atoms with Crippen LogP contribution in [0.25, 0.3) is 0 Å². The Bertz CT molecular complexity index is 724. The molecule has 1 aromatic rings. The van der Waals surface area contributed by atoms with Gasteiger partial charge in [0, 0.05) is 19.3 Å². The highest BCUT2D eigenvalue weighted by Gasteiger charge is 2.33. The van der Waals surface area contributed by atoms with Crippen LogP contribution in [0.1, 0.15) is 19.3 Å². The Kier molecular flexibility index (Phi) is 3.92. The van der Waals surface area contributed by atoms with Crippen molar-refractivity contribution in [1.29, 1.82) is 0 Å². The molecular formula is C12H16FNO4S2. The maximum Gasteiger partial charge on any atom is 0.246 e. The molecule has 0 amide bonds. The van der Waals surface area contributed by atoms with Crippen molar-refractivity contribution in [3.8, 4) is 0 Å². The summed E-state index contributed by atoms with van der Waals surface area (Å²) in [5.41, 5.74) is 0. The predicted octanol–water partition coefficient (Wildman–Crippen LogP) is 1.40. The van der Waals surface area contributed by atoms with Crippen LogP contribution in [0.15, 0.2) is 28.0 Å². The van der Waals surface area contributed by atoms with Gasteiger partial charge in [0.1, 0.15) is 10.7 Å². The Hall–Kier alpha value is -0.990. The van der Waals surface area contributed by atoms with E-state index in [9.17, 15) is 21.2 Å². The minimum atomic E-state index is -4.02. The van der Waals surface area contributed by atoms with Crippen molar-refractivity contribution in [3.05, 3.63) is 24.0 Å². The van der Waals surface area contributed by atoms with E-state index in [2.05, 4.69) is 0 Å². The largest absolute Gasteiger partial charge is 0.246 e. The van der Waals surface area contributed by atoms with Crippen molar-refractivity contribution in [1.82, 2.24) is 4.31 Å². The number of sulfone groups is 1. The second-order valence-electron chi connectivity index (χ2n) is 4.97. The SMILES string of the molecule is CN(C1CCC1)S(=O)(=O)c1cc(S(C)(=O)=O)ccc1F. The first-order chi connectivity index (χ1) is 9.14. The minimum Gasteiger partial charge on any atom is -0.224 e. The normalized spacial score (nSPS) is 17.2. The third-order valence-electron chi connectivity index (χ3n) is 3.58. The highest BCUT2D eigenvalue weighted by molar-refractivity contribution is 7.91. The van der Waals surface area contributed by atoms with Crippen LogP contribution in [0.5, 0.6) is 0 Å². The molecule has 0 aliphatic heterocycles. The van der Waals surface area contributed by atoms with E-state index in [1.165, 1.54) is 7.05 Å². The van der Waals surface area contributed by atoms with Gasteiger partial charge in [-0.1, -0.05) is 6.42 Å². The van der Waals surface area contributed by atoms with Gasteiger partial charge in [-0.25, -0.2) is 21.2 Å². The van der Waals surface area contributed by atoms with Crippen LogP contribution in [0.3, 0.4) is 0 Å². The number of benzene rings is 1. The van der Waals surface area contributed by atoms with Gasteiger partial charge in [-0.15, -0.1) is 0 Å². The maximum atomic E-state index is 13.8. The summed E-state index contributed by atoms with van der Waals surface area (Å²) in [6.45, 7) is 0. The van der Waals surface area contributed by atoms with E-state index in [1.54, 1.807) is 0 Å². The molecule has 8 heteroatoms. The molecule has 0 atom stereocenters. The highest BCUT2D eigenvalue weighted by Crippen LogP contribution is 2.30. The molecule has 0 heterocycles. The van der Waals surface area contributed by atoms with E-state index >= 15 is 0 Å². The van der Waals surface area contributed by atoms with E-state index in [4.69, 9.17) is 0 Å². The van der Waals surface area contributed by atoms with E-state index in [1.807, 2.05) is 0 Å². The monoisotopic (exact) mass is 321 g/mol. The number of sulfonamides is 1. The Morgan fingerprint density at radius 1 is 1.20 bits per heavy atom. The molecule has 0 aromatic heterocycles. The number of halogens is 1. The minimum absolute atomic E-state index is 0.138. The van der Waals surface area contributed by atoms with Crippen LogP contribution in [0.4, 0.5) is 4.39 Å². The first kappa shape index (κ1) is 15.4. The fraction of sp³-hybridized carbons (Fsp3) is 0.500. The van der Waals surface area contributed by atoms with Gasteiger partial charge < -0.3 is 0 Å². The average molecular weight is 321 g/mol. The Balaban J connectivity index is 2.50. The lowest BCUT2D eigenvalue weighted by Crippen LogP contribution is -2.41. The van der Waals surface area contributed by atoms with E-state index in [0.717, 1.165) is 48.0 Å². The Morgan fingerprint density at radius 3 is 2.25 bits per heavy atom. The highest BCUT2D eigenvalue weighted by atomic mass is 32.2. The summed E-state index contributed by atoms with van der Waals surface area (Å²) in [7, 11) is -6.21. The summed E-state index contributed by atoms with van der Waals surface area (Å²) in [6, 6.07) is 2.68. The lowest BCUT2D eigenvalue weighted by Gasteiger charge is -2.33. The van der Waals surface area contributed by atoms with Crippen LogP contribution < -0.4 is 0 Å². The van der Waals surface area contributed by atoms with Crippen LogP contribution in [0.2, 0.25) is 0 Å². The zero-order chi connectivity index (χ0) is 15.1. The first-order valence-corrected chi connectivity index (χ1v) is 9.45. The van der Waals surface area contributed by atoms with E-state index in [-0.39, 0.29) is 10.9 Å². The van der Waals surface area contributed by atoms with Crippen molar-refractivity contribution in [2.45, 2.75) is 35.1 Å². The molecule has 0 bridgehead atoms. The molecule has 1 aliphatic rings. The molecule has 2 rings (SSSR count). The molecule has 1 aliphatic carbocycles. The molecule has 5 nitrogen and oxygen atoms in total. The van der Waals surface area contributed by atoms with Crippen molar-refractivity contribution in [2.75, 3.05) is 13.3 Å². The molecule has 0 N–H and O–H groups in total. The predicted molar refractivity (Wildman–Crippen MR) is 72.1 cm³/mol. The quantitative estimate of drug-likeness (QED) is 0.786. The molecule has 0 saturated heterocycles. The fourth-order valence-electron chi connectivity index (χ4n) is 2.01. The molecule has 112 valence electrons. The molecule has 1 aromatic carbocycles. The van der Waals surface area contributed by atoms with Gasteiger partial charge in [0.05, 0.1) is 4.90 Å². The molecule has 1 saturated carbocycles. The number of nitrogens with zero attached hydrogens (tertiary/aromatic N) is 1. The third kappa shape index (κ3) is 2.72. The summed E-state index contributed by atoms with van der Waals surface area (Å²) in [5.74, 6) is -0.941. The van der Waals surface area contributed by atoms with Gasteiger partial charge in [-0.05, 0) is 31.0 Å². The second kappa shape index (κ2) is 5.09. The summed E-state index contributed by atoms with van der Waals surface area (Å²) >= 11 is 0. The third-order valence-corrected chi connectivity index (χ3v) is 6.61. The van der Waals surface area contributed by atoms with E-state index < -0.39 is 30.6 Å². The number of rotatable bonds is 4. The standard InChI is InChI=1S/C12H16FNO4S2/c1-14(9-4-3-5-9)20(17,18)12-8-10(19(2,15)16)6-7-11(12)13/h6-9H,3-5H2,1-2H3. The Labute approximate surface area is 118 Å². The summed E-state index contributed by atoms with van der Waals surface area (Å²) in [6.07, 6.45) is 3.37. The van der Waals surface area contributed by atoms with E-state index in [0.29, 0.717) is 0 Å². The molecule has 0 unspecified atom stereocenters. The molecule has 1 fully saturated rings. The second-order valence-corrected chi connectivity index (χ2v) is 8.95. The van der Waals surface area contributed by atoms with Gasteiger partial charge in [0.15, 0.2) is 9.84 Å². The maximum absolute atomic E-state index is 13.8. The van der Waals surface area contributed by atoms with Crippen LogP contribution in [0, 0.1) is 5.82 Å². The topological polar surface area (TPSA) is 71.5 Å². The van der Waals surface area contributed by atoms with Crippen molar-refractivity contribution < 1.29 is 21.2 Å². The smallest absolute Gasteiger partial charge is 0.224 e. The molecule has 0 spiro atoms. The zero-order valence-corrected chi connectivity index (χ0v) is 12.8. The van der Waals surface area contributed by atoms with Crippen LogP contribution >= 0.6 is 0 Å². The lowest BCUT2D eigenvalue weighted by atomic mass is 9.94. The van der Waals surface area contributed by atoms with Gasteiger partial charge in [0.25, 0.3) is 0 Å².